The lowest BCUT2D eigenvalue weighted by Gasteiger charge is -2.14. The Labute approximate surface area is 185 Å². The lowest BCUT2D eigenvalue weighted by Crippen LogP contribution is -2.15. The molecule has 8 nitrogen and oxygen atoms in total. The molecule has 0 aliphatic rings. The molecule has 162 valence electrons. The standard InChI is InChI=1S/C24H22N4O4/c1-15-13-16(2)19(18(14-15)27-12-8-11-25-27)21-20(23(29)31-3)22(24(30)32-4)28(26-21)17-9-6-5-7-10-17/h5-14H,1-4H3. The van der Waals surface area contributed by atoms with Gasteiger partial charge in [0.25, 0.3) is 0 Å². The second-order valence-electron chi connectivity index (χ2n) is 7.23. The van der Waals surface area contributed by atoms with Crippen LogP contribution >= 0.6 is 0 Å². The summed E-state index contributed by atoms with van der Waals surface area (Å²) >= 11 is 0. The second-order valence-corrected chi connectivity index (χ2v) is 7.23. The van der Waals surface area contributed by atoms with Crippen LogP contribution in [0, 0.1) is 13.8 Å². The molecule has 0 aliphatic carbocycles. The van der Waals surface area contributed by atoms with Gasteiger partial charge in [-0.1, -0.05) is 24.3 Å². The van der Waals surface area contributed by atoms with Gasteiger partial charge in [-0.3, -0.25) is 0 Å². The summed E-state index contributed by atoms with van der Waals surface area (Å²) in [5.74, 6) is -1.38. The Morgan fingerprint density at radius 3 is 2.28 bits per heavy atom. The molecular weight excluding hydrogens is 408 g/mol. The first-order chi connectivity index (χ1) is 15.5. The van der Waals surface area contributed by atoms with E-state index in [-0.39, 0.29) is 11.3 Å². The summed E-state index contributed by atoms with van der Waals surface area (Å²) in [4.78, 5) is 25.8. The molecule has 0 unspecified atom stereocenters. The Balaban J connectivity index is 2.12. The molecule has 0 spiro atoms. The van der Waals surface area contributed by atoms with Gasteiger partial charge in [0.1, 0.15) is 11.3 Å². The van der Waals surface area contributed by atoms with E-state index in [9.17, 15) is 9.59 Å². The molecule has 2 heterocycles. The first kappa shape index (κ1) is 21.0. The number of hydrogen-bond donors (Lipinski definition) is 0. The van der Waals surface area contributed by atoms with Gasteiger partial charge in [0, 0.05) is 18.0 Å². The van der Waals surface area contributed by atoms with E-state index >= 15 is 0 Å². The van der Waals surface area contributed by atoms with E-state index in [1.165, 1.54) is 18.9 Å². The second kappa shape index (κ2) is 8.50. The van der Waals surface area contributed by atoms with E-state index < -0.39 is 11.9 Å². The zero-order valence-electron chi connectivity index (χ0n) is 18.2. The van der Waals surface area contributed by atoms with Crippen molar-refractivity contribution in [2.75, 3.05) is 14.2 Å². The molecule has 0 atom stereocenters. The van der Waals surface area contributed by atoms with Crippen molar-refractivity contribution >= 4 is 11.9 Å². The highest BCUT2D eigenvalue weighted by Crippen LogP contribution is 2.35. The molecule has 0 N–H and O–H groups in total. The molecule has 0 aliphatic heterocycles. The van der Waals surface area contributed by atoms with Gasteiger partial charge in [-0.2, -0.15) is 10.2 Å². The number of hydrogen-bond acceptors (Lipinski definition) is 6. The van der Waals surface area contributed by atoms with Crippen LogP contribution in [0.3, 0.4) is 0 Å². The summed E-state index contributed by atoms with van der Waals surface area (Å²) in [5, 5.41) is 9.09. The molecule has 0 saturated carbocycles. The number of rotatable bonds is 5. The molecule has 4 aromatic rings. The van der Waals surface area contributed by atoms with Crippen molar-refractivity contribution in [2.24, 2.45) is 0 Å². The van der Waals surface area contributed by atoms with Crippen LogP contribution in [0.1, 0.15) is 32.0 Å². The minimum absolute atomic E-state index is 0.00746. The van der Waals surface area contributed by atoms with E-state index in [0.29, 0.717) is 16.9 Å². The molecule has 8 heteroatoms. The van der Waals surface area contributed by atoms with Crippen LogP contribution in [-0.4, -0.2) is 45.7 Å². The van der Waals surface area contributed by atoms with Crippen LogP contribution in [-0.2, 0) is 9.47 Å². The van der Waals surface area contributed by atoms with E-state index in [4.69, 9.17) is 14.6 Å². The maximum atomic E-state index is 13.0. The van der Waals surface area contributed by atoms with Crippen LogP contribution < -0.4 is 0 Å². The van der Waals surface area contributed by atoms with E-state index in [1.54, 1.807) is 23.0 Å². The number of aromatic nitrogens is 4. The number of aryl methyl sites for hydroxylation is 2. The van der Waals surface area contributed by atoms with Crippen molar-refractivity contribution in [3.63, 3.8) is 0 Å². The van der Waals surface area contributed by atoms with Gasteiger partial charge < -0.3 is 9.47 Å². The van der Waals surface area contributed by atoms with Crippen LogP contribution in [0.15, 0.2) is 60.9 Å². The maximum Gasteiger partial charge on any atom is 0.357 e. The normalized spacial score (nSPS) is 10.8. The molecule has 0 saturated heterocycles. The minimum Gasteiger partial charge on any atom is -0.465 e. The van der Waals surface area contributed by atoms with Crippen LogP contribution in [0.5, 0.6) is 0 Å². The monoisotopic (exact) mass is 430 g/mol. The fourth-order valence-corrected chi connectivity index (χ4v) is 3.77. The lowest BCUT2D eigenvalue weighted by molar-refractivity contribution is 0.0549. The summed E-state index contributed by atoms with van der Waals surface area (Å²) in [7, 11) is 2.53. The van der Waals surface area contributed by atoms with Crippen LogP contribution in [0.2, 0.25) is 0 Å². The van der Waals surface area contributed by atoms with Crippen LogP contribution in [0.4, 0.5) is 0 Å². The van der Waals surface area contributed by atoms with Crippen LogP contribution in [0.25, 0.3) is 22.6 Å². The summed E-state index contributed by atoms with van der Waals surface area (Å²) in [5.41, 5.74) is 4.22. The topological polar surface area (TPSA) is 88.2 Å². The Morgan fingerprint density at radius 1 is 0.938 bits per heavy atom. The van der Waals surface area contributed by atoms with Gasteiger partial charge in [0.2, 0.25) is 0 Å². The first-order valence-corrected chi connectivity index (χ1v) is 9.93. The highest BCUT2D eigenvalue weighted by atomic mass is 16.5. The predicted octanol–water partition coefficient (Wildman–Crippen LogP) is 3.92. The highest BCUT2D eigenvalue weighted by molar-refractivity contribution is 6.07. The van der Waals surface area contributed by atoms with Gasteiger partial charge in [0.15, 0.2) is 5.69 Å². The lowest BCUT2D eigenvalue weighted by atomic mass is 9.97. The smallest absolute Gasteiger partial charge is 0.357 e. The third-order valence-corrected chi connectivity index (χ3v) is 5.10. The fraction of sp³-hybridized carbons (Fsp3) is 0.167. The third-order valence-electron chi connectivity index (χ3n) is 5.10. The van der Waals surface area contributed by atoms with Crippen molar-refractivity contribution < 1.29 is 19.1 Å². The molecule has 0 fully saturated rings. The van der Waals surface area contributed by atoms with Crippen molar-refractivity contribution in [3.8, 4) is 22.6 Å². The summed E-state index contributed by atoms with van der Waals surface area (Å²) < 4.78 is 13.2. The quantitative estimate of drug-likeness (QED) is 0.446. The first-order valence-electron chi connectivity index (χ1n) is 9.93. The number of nitrogens with zero attached hydrogens (tertiary/aromatic N) is 4. The van der Waals surface area contributed by atoms with Crippen molar-refractivity contribution in [1.29, 1.82) is 0 Å². The van der Waals surface area contributed by atoms with Gasteiger partial charge in [-0.15, -0.1) is 0 Å². The molecule has 32 heavy (non-hydrogen) atoms. The average Bonchev–Trinajstić information content (AvgIpc) is 3.46. The highest BCUT2D eigenvalue weighted by Gasteiger charge is 2.33. The number of carbonyl (C=O) groups excluding carboxylic acids is 2. The van der Waals surface area contributed by atoms with E-state index in [1.807, 2.05) is 56.4 Å². The van der Waals surface area contributed by atoms with Crippen molar-refractivity contribution in [1.82, 2.24) is 19.6 Å². The maximum absolute atomic E-state index is 13.0. The molecule has 0 bridgehead atoms. The van der Waals surface area contributed by atoms with Crippen molar-refractivity contribution in [2.45, 2.75) is 13.8 Å². The minimum atomic E-state index is -0.696. The molecule has 2 aromatic heterocycles. The van der Waals surface area contributed by atoms with Gasteiger partial charge in [-0.25, -0.2) is 19.0 Å². The Morgan fingerprint density at radius 2 is 1.66 bits per heavy atom. The zero-order chi connectivity index (χ0) is 22.8. The zero-order valence-corrected chi connectivity index (χ0v) is 18.2. The molecule has 2 aromatic carbocycles. The predicted molar refractivity (Wildman–Crippen MR) is 118 cm³/mol. The number of carbonyl (C=O) groups is 2. The largest absolute Gasteiger partial charge is 0.465 e. The summed E-state index contributed by atoms with van der Waals surface area (Å²) in [6.07, 6.45) is 3.48. The molecule has 0 amide bonds. The van der Waals surface area contributed by atoms with E-state index in [0.717, 1.165) is 16.8 Å². The third kappa shape index (κ3) is 3.56. The number of ether oxygens (including phenoxy) is 2. The van der Waals surface area contributed by atoms with Crippen molar-refractivity contribution in [3.05, 3.63) is 83.3 Å². The fourth-order valence-electron chi connectivity index (χ4n) is 3.77. The number of methoxy groups -OCH3 is 2. The molecule has 0 radical (unpaired) electrons. The van der Waals surface area contributed by atoms with Gasteiger partial charge in [0.05, 0.1) is 25.6 Å². The summed E-state index contributed by atoms with van der Waals surface area (Å²) in [6, 6.07) is 14.8. The SMILES string of the molecule is COC(=O)c1c(-c2c(C)cc(C)cc2-n2cccn2)nn(-c2ccccc2)c1C(=O)OC. The number of benzene rings is 2. The number of esters is 2. The molecular formula is C24H22N4O4. The average molecular weight is 430 g/mol. The number of para-hydroxylation sites is 1. The Kier molecular flexibility index (Phi) is 5.59. The Hall–Kier alpha value is -4.20. The van der Waals surface area contributed by atoms with E-state index in [2.05, 4.69) is 5.10 Å². The Bertz CT molecular complexity index is 1290. The summed E-state index contributed by atoms with van der Waals surface area (Å²) in [6.45, 7) is 3.91. The molecule has 4 rings (SSSR count). The van der Waals surface area contributed by atoms with Gasteiger partial charge >= 0.3 is 11.9 Å². The van der Waals surface area contributed by atoms with Gasteiger partial charge in [-0.05, 0) is 49.2 Å².